The number of methoxy groups -OCH3 is 1. The van der Waals surface area contributed by atoms with Crippen LogP contribution >= 0.6 is 35.0 Å². The van der Waals surface area contributed by atoms with Crippen LogP contribution in [-0.2, 0) is 0 Å². The standard InChI is InChI=1S/C13H12Cl2N2OS/c1-16-12-10(14)7-11(15)13(17-12)19-9-5-3-4-8(6-9)18-2/h3-7H,1-2H3,(H,16,17). The number of rotatable bonds is 4. The summed E-state index contributed by atoms with van der Waals surface area (Å²) >= 11 is 13.6. The van der Waals surface area contributed by atoms with E-state index in [0.29, 0.717) is 20.9 Å². The third-order valence-corrected chi connectivity index (χ3v) is 4.07. The fourth-order valence-corrected chi connectivity index (χ4v) is 2.88. The maximum atomic E-state index is 6.16. The second kappa shape index (κ2) is 6.37. The first-order valence-corrected chi connectivity index (χ1v) is 7.07. The summed E-state index contributed by atoms with van der Waals surface area (Å²) in [6.07, 6.45) is 0. The molecule has 0 aliphatic rings. The Morgan fingerprint density at radius 2 is 2.00 bits per heavy atom. The SMILES string of the molecule is CNc1nc(Sc2cccc(OC)c2)c(Cl)cc1Cl. The first kappa shape index (κ1) is 14.3. The zero-order valence-corrected chi connectivity index (χ0v) is 12.7. The Balaban J connectivity index is 2.32. The zero-order chi connectivity index (χ0) is 13.8. The van der Waals surface area contributed by atoms with Crippen molar-refractivity contribution in [1.82, 2.24) is 4.98 Å². The molecule has 100 valence electrons. The van der Waals surface area contributed by atoms with E-state index in [1.165, 1.54) is 11.8 Å². The van der Waals surface area contributed by atoms with E-state index in [-0.39, 0.29) is 0 Å². The Morgan fingerprint density at radius 3 is 2.68 bits per heavy atom. The number of hydrogen-bond acceptors (Lipinski definition) is 4. The molecule has 1 aromatic heterocycles. The quantitative estimate of drug-likeness (QED) is 0.895. The first-order chi connectivity index (χ1) is 9.13. The molecule has 0 aliphatic carbocycles. The highest BCUT2D eigenvalue weighted by Gasteiger charge is 2.10. The number of benzene rings is 1. The molecule has 0 bridgehead atoms. The zero-order valence-electron chi connectivity index (χ0n) is 10.4. The fraction of sp³-hybridized carbons (Fsp3) is 0.154. The van der Waals surface area contributed by atoms with E-state index in [2.05, 4.69) is 10.3 Å². The number of anilines is 1. The van der Waals surface area contributed by atoms with E-state index in [1.807, 2.05) is 24.3 Å². The summed E-state index contributed by atoms with van der Waals surface area (Å²) in [5.74, 6) is 1.40. The maximum absolute atomic E-state index is 6.16. The largest absolute Gasteiger partial charge is 0.497 e. The summed E-state index contributed by atoms with van der Waals surface area (Å²) in [5, 5.41) is 4.66. The Hall–Kier alpha value is -1.10. The third kappa shape index (κ3) is 3.47. The van der Waals surface area contributed by atoms with E-state index in [4.69, 9.17) is 27.9 Å². The van der Waals surface area contributed by atoms with Crippen LogP contribution in [-0.4, -0.2) is 19.1 Å². The van der Waals surface area contributed by atoms with E-state index in [9.17, 15) is 0 Å². The molecule has 2 aromatic rings. The molecule has 0 fully saturated rings. The van der Waals surface area contributed by atoms with Gasteiger partial charge >= 0.3 is 0 Å². The van der Waals surface area contributed by atoms with Crippen molar-refractivity contribution in [1.29, 1.82) is 0 Å². The highest BCUT2D eigenvalue weighted by atomic mass is 35.5. The smallest absolute Gasteiger partial charge is 0.146 e. The van der Waals surface area contributed by atoms with Crippen molar-refractivity contribution in [3.05, 3.63) is 40.4 Å². The van der Waals surface area contributed by atoms with Crippen LogP contribution in [0.1, 0.15) is 0 Å². The van der Waals surface area contributed by atoms with Crippen LogP contribution in [0.3, 0.4) is 0 Å². The summed E-state index contributed by atoms with van der Waals surface area (Å²) in [5.41, 5.74) is 0. The molecular weight excluding hydrogens is 303 g/mol. The van der Waals surface area contributed by atoms with Crippen molar-refractivity contribution >= 4 is 40.8 Å². The lowest BCUT2D eigenvalue weighted by molar-refractivity contribution is 0.413. The summed E-state index contributed by atoms with van der Waals surface area (Å²) in [4.78, 5) is 5.39. The van der Waals surface area contributed by atoms with Crippen LogP contribution in [0.15, 0.2) is 40.3 Å². The van der Waals surface area contributed by atoms with Crippen molar-refractivity contribution in [3.8, 4) is 5.75 Å². The van der Waals surface area contributed by atoms with Crippen molar-refractivity contribution in [2.24, 2.45) is 0 Å². The van der Waals surface area contributed by atoms with E-state index < -0.39 is 0 Å². The van der Waals surface area contributed by atoms with Gasteiger partial charge in [-0.25, -0.2) is 4.98 Å². The predicted molar refractivity (Wildman–Crippen MR) is 80.9 cm³/mol. The molecule has 1 heterocycles. The van der Waals surface area contributed by atoms with E-state index in [1.54, 1.807) is 20.2 Å². The van der Waals surface area contributed by atoms with E-state index in [0.717, 1.165) is 10.6 Å². The maximum Gasteiger partial charge on any atom is 0.146 e. The third-order valence-electron chi connectivity index (χ3n) is 2.39. The van der Waals surface area contributed by atoms with Gasteiger partial charge < -0.3 is 10.1 Å². The molecule has 0 aliphatic heterocycles. The highest BCUT2D eigenvalue weighted by Crippen LogP contribution is 2.36. The second-order valence-electron chi connectivity index (χ2n) is 3.64. The number of halogens is 2. The van der Waals surface area contributed by atoms with Crippen molar-refractivity contribution in [3.63, 3.8) is 0 Å². The first-order valence-electron chi connectivity index (χ1n) is 5.49. The van der Waals surface area contributed by atoms with Crippen molar-refractivity contribution in [2.45, 2.75) is 9.92 Å². The normalized spacial score (nSPS) is 10.3. The Labute approximate surface area is 126 Å². The lowest BCUT2D eigenvalue weighted by Crippen LogP contribution is -1.95. The lowest BCUT2D eigenvalue weighted by Gasteiger charge is -2.08. The van der Waals surface area contributed by atoms with Crippen molar-refractivity contribution in [2.75, 3.05) is 19.5 Å². The number of pyridine rings is 1. The summed E-state index contributed by atoms with van der Waals surface area (Å²) in [7, 11) is 3.40. The molecule has 1 N–H and O–H groups in total. The fourth-order valence-electron chi connectivity index (χ4n) is 1.47. The molecule has 0 unspecified atom stereocenters. The molecule has 0 saturated heterocycles. The molecule has 19 heavy (non-hydrogen) atoms. The molecule has 0 radical (unpaired) electrons. The summed E-state index contributed by atoms with van der Waals surface area (Å²) < 4.78 is 5.19. The summed E-state index contributed by atoms with van der Waals surface area (Å²) in [6, 6.07) is 9.39. The molecule has 0 atom stereocenters. The van der Waals surface area contributed by atoms with Gasteiger partial charge in [-0.15, -0.1) is 0 Å². The molecule has 1 aromatic carbocycles. The van der Waals surface area contributed by atoms with Gasteiger partial charge in [0.2, 0.25) is 0 Å². The molecule has 2 rings (SSSR count). The van der Waals surface area contributed by atoms with Gasteiger partial charge in [-0.05, 0) is 24.3 Å². The van der Waals surface area contributed by atoms with Gasteiger partial charge in [0.05, 0.1) is 17.2 Å². The van der Waals surface area contributed by atoms with Gasteiger partial charge in [-0.3, -0.25) is 0 Å². The minimum absolute atomic E-state index is 0.502. The molecule has 3 nitrogen and oxygen atoms in total. The van der Waals surface area contributed by atoms with Gasteiger partial charge in [0, 0.05) is 11.9 Å². The van der Waals surface area contributed by atoms with Crippen molar-refractivity contribution < 1.29 is 4.74 Å². The van der Waals surface area contributed by atoms with Crippen LogP contribution < -0.4 is 10.1 Å². The Kier molecular flexibility index (Phi) is 4.80. The summed E-state index contributed by atoms with van der Waals surface area (Å²) in [6.45, 7) is 0. The Bertz CT molecular complexity index is 593. The number of nitrogens with zero attached hydrogens (tertiary/aromatic N) is 1. The highest BCUT2D eigenvalue weighted by molar-refractivity contribution is 7.99. The van der Waals surface area contributed by atoms with Crippen LogP contribution in [0, 0.1) is 0 Å². The van der Waals surface area contributed by atoms with Crippen LogP contribution in [0.2, 0.25) is 10.0 Å². The van der Waals surface area contributed by atoms with Crippen LogP contribution in [0.4, 0.5) is 5.82 Å². The lowest BCUT2D eigenvalue weighted by atomic mass is 10.3. The van der Waals surface area contributed by atoms with Crippen LogP contribution in [0.5, 0.6) is 5.75 Å². The van der Waals surface area contributed by atoms with E-state index >= 15 is 0 Å². The molecular formula is C13H12Cl2N2OS. The number of nitrogens with one attached hydrogen (secondary N) is 1. The number of ether oxygens (including phenoxy) is 1. The number of hydrogen-bond donors (Lipinski definition) is 1. The molecule has 6 heteroatoms. The van der Waals surface area contributed by atoms with Crippen LogP contribution in [0.25, 0.3) is 0 Å². The monoisotopic (exact) mass is 314 g/mol. The minimum atomic E-state index is 0.502. The number of aromatic nitrogens is 1. The minimum Gasteiger partial charge on any atom is -0.497 e. The average molecular weight is 315 g/mol. The van der Waals surface area contributed by atoms with Gasteiger partial charge in [0.25, 0.3) is 0 Å². The van der Waals surface area contributed by atoms with Gasteiger partial charge in [0.1, 0.15) is 16.6 Å². The average Bonchev–Trinajstić information content (AvgIpc) is 2.42. The van der Waals surface area contributed by atoms with Gasteiger partial charge in [-0.1, -0.05) is 41.0 Å². The predicted octanol–water partition coefficient (Wildman–Crippen LogP) is 4.59. The molecule has 0 spiro atoms. The molecule has 0 amide bonds. The molecule has 0 saturated carbocycles. The van der Waals surface area contributed by atoms with Gasteiger partial charge in [0.15, 0.2) is 0 Å². The Morgan fingerprint density at radius 1 is 1.21 bits per heavy atom. The topological polar surface area (TPSA) is 34.2 Å². The van der Waals surface area contributed by atoms with Gasteiger partial charge in [-0.2, -0.15) is 0 Å². The second-order valence-corrected chi connectivity index (χ2v) is 5.51.